The van der Waals surface area contributed by atoms with Gasteiger partial charge < -0.3 is 19.9 Å². The molecule has 2 fully saturated rings. The van der Waals surface area contributed by atoms with Gasteiger partial charge in [-0.1, -0.05) is 55.5 Å². The van der Waals surface area contributed by atoms with E-state index in [0.29, 0.717) is 0 Å². The standard InChI is InChI=1S/C26H32N4O/c1-2-29-12-14-30(15-13-29)26-24-6-4-3-5-22(24)18-25(28-26)21-9-7-20(8-10-21)17-23-19-27-11-16-31-23/h3-10,18,23,27H,2,11-17,19H2,1H3. The minimum Gasteiger partial charge on any atom is -0.375 e. The molecule has 2 saturated heterocycles. The summed E-state index contributed by atoms with van der Waals surface area (Å²) in [7, 11) is 0. The van der Waals surface area contributed by atoms with Crippen molar-refractivity contribution in [3.63, 3.8) is 0 Å². The third kappa shape index (κ3) is 4.59. The molecular formula is C26H32N4O. The van der Waals surface area contributed by atoms with E-state index in [0.717, 1.165) is 70.4 Å². The van der Waals surface area contributed by atoms with Gasteiger partial charge in [-0.2, -0.15) is 0 Å². The first-order chi connectivity index (χ1) is 15.3. The van der Waals surface area contributed by atoms with Crippen LogP contribution >= 0.6 is 0 Å². The van der Waals surface area contributed by atoms with Crippen LogP contribution in [0.4, 0.5) is 5.82 Å². The van der Waals surface area contributed by atoms with Crippen molar-refractivity contribution in [3.05, 3.63) is 60.2 Å². The van der Waals surface area contributed by atoms with E-state index in [-0.39, 0.29) is 6.10 Å². The van der Waals surface area contributed by atoms with E-state index < -0.39 is 0 Å². The molecule has 0 aliphatic carbocycles. The van der Waals surface area contributed by atoms with Gasteiger partial charge in [-0.3, -0.25) is 0 Å². The molecule has 0 saturated carbocycles. The van der Waals surface area contributed by atoms with Crippen molar-refractivity contribution in [2.24, 2.45) is 0 Å². The van der Waals surface area contributed by atoms with Gasteiger partial charge in [-0.05, 0) is 30.0 Å². The maximum Gasteiger partial charge on any atom is 0.137 e. The van der Waals surface area contributed by atoms with Gasteiger partial charge in [0.05, 0.1) is 18.4 Å². The van der Waals surface area contributed by atoms with Crippen molar-refractivity contribution in [1.82, 2.24) is 15.2 Å². The summed E-state index contributed by atoms with van der Waals surface area (Å²) in [4.78, 5) is 10.1. The van der Waals surface area contributed by atoms with Crippen LogP contribution in [0, 0.1) is 0 Å². The average molecular weight is 417 g/mol. The number of pyridine rings is 1. The maximum atomic E-state index is 5.86. The third-order valence-corrected chi connectivity index (χ3v) is 6.56. The second kappa shape index (κ2) is 9.35. The van der Waals surface area contributed by atoms with E-state index in [4.69, 9.17) is 9.72 Å². The van der Waals surface area contributed by atoms with E-state index in [1.165, 1.54) is 21.9 Å². The first kappa shape index (κ1) is 20.4. The number of fused-ring (bicyclic) bond motifs is 1. The quantitative estimate of drug-likeness (QED) is 0.689. The van der Waals surface area contributed by atoms with Gasteiger partial charge in [-0.15, -0.1) is 0 Å². The second-order valence-electron chi connectivity index (χ2n) is 8.57. The predicted octanol–water partition coefficient (Wildman–Crippen LogP) is 3.57. The van der Waals surface area contributed by atoms with Crippen molar-refractivity contribution in [1.29, 1.82) is 0 Å². The van der Waals surface area contributed by atoms with E-state index in [2.05, 4.69) is 76.6 Å². The number of nitrogens with one attached hydrogen (secondary N) is 1. The fraction of sp³-hybridized carbons (Fsp3) is 0.423. The van der Waals surface area contributed by atoms with Gasteiger partial charge in [0.25, 0.3) is 0 Å². The molecule has 0 amide bonds. The fourth-order valence-electron chi connectivity index (χ4n) is 4.67. The molecule has 5 heteroatoms. The highest BCUT2D eigenvalue weighted by Crippen LogP contribution is 2.31. The lowest BCUT2D eigenvalue weighted by atomic mass is 10.0. The summed E-state index contributed by atoms with van der Waals surface area (Å²) in [6.45, 7) is 10.3. The monoisotopic (exact) mass is 416 g/mol. The number of hydrogen-bond donors (Lipinski definition) is 1. The van der Waals surface area contributed by atoms with Gasteiger partial charge in [0.1, 0.15) is 5.82 Å². The van der Waals surface area contributed by atoms with Crippen LogP contribution in [-0.2, 0) is 11.2 Å². The lowest BCUT2D eigenvalue weighted by Crippen LogP contribution is -2.46. The summed E-state index contributed by atoms with van der Waals surface area (Å²) in [5.74, 6) is 1.12. The fourth-order valence-corrected chi connectivity index (χ4v) is 4.67. The number of piperazine rings is 1. The van der Waals surface area contributed by atoms with Crippen LogP contribution in [0.15, 0.2) is 54.6 Å². The molecule has 2 aromatic carbocycles. The van der Waals surface area contributed by atoms with E-state index >= 15 is 0 Å². The Morgan fingerprint density at radius 3 is 2.58 bits per heavy atom. The number of ether oxygens (including phenoxy) is 1. The lowest BCUT2D eigenvalue weighted by Gasteiger charge is -2.35. The molecule has 1 N–H and O–H groups in total. The molecule has 0 radical (unpaired) electrons. The molecule has 5 nitrogen and oxygen atoms in total. The Balaban J connectivity index is 1.42. The number of rotatable bonds is 5. The predicted molar refractivity (Wildman–Crippen MR) is 128 cm³/mol. The summed E-state index contributed by atoms with van der Waals surface area (Å²) >= 11 is 0. The normalized spacial score (nSPS) is 20.3. The number of benzene rings is 2. The molecule has 0 bridgehead atoms. The Morgan fingerprint density at radius 2 is 1.84 bits per heavy atom. The van der Waals surface area contributed by atoms with Crippen LogP contribution in [0.2, 0.25) is 0 Å². The zero-order chi connectivity index (χ0) is 21.0. The van der Waals surface area contributed by atoms with Gasteiger partial charge in [-0.25, -0.2) is 4.98 Å². The first-order valence-corrected chi connectivity index (χ1v) is 11.6. The molecule has 0 spiro atoms. The minimum atomic E-state index is 0.270. The molecule has 1 aromatic heterocycles. The van der Waals surface area contributed by atoms with Crippen molar-refractivity contribution in [2.45, 2.75) is 19.4 Å². The summed E-state index contributed by atoms with van der Waals surface area (Å²) in [6, 6.07) is 19.7. The number of aromatic nitrogens is 1. The first-order valence-electron chi connectivity index (χ1n) is 11.6. The largest absolute Gasteiger partial charge is 0.375 e. The molecular weight excluding hydrogens is 384 g/mol. The van der Waals surface area contributed by atoms with Gasteiger partial charge >= 0.3 is 0 Å². The number of hydrogen-bond acceptors (Lipinski definition) is 5. The van der Waals surface area contributed by atoms with Crippen molar-refractivity contribution in [2.75, 3.05) is 57.3 Å². The molecule has 162 valence electrons. The smallest absolute Gasteiger partial charge is 0.137 e. The molecule has 3 aromatic rings. The molecule has 2 aliphatic rings. The highest BCUT2D eigenvalue weighted by atomic mass is 16.5. The minimum absolute atomic E-state index is 0.270. The van der Waals surface area contributed by atoms with Crippen LogP contribution in [-0.4, -0.2) is 68.4 Å². The molecule has 3 heterocycles. The number of likely N-dealkylation sites (N-methyl/N-ethyl adjacent to an activating group) is 1. The highest BCUT2D eigenvalue weighted by molar-refractivity contribution is 5.95. The Hall–Kier alpha value is -2.47. The molecule has 5 rings (SSSR count). The van der Waals surface area contributed by atoms with Crippen molar-refractivity contribution < 1.29 is 4.74 Å². The van der Waals surface area contributed by atoms with Gasteiger partial charge in [0.2, 0.25) is 0 Å². The Morgan fingerprint density at radius 1 is 1.03 bits per heavy atom. The molecule has 2 aliphatic heterocycles. The summed E-state index contributed by atoms with van der Waals surface area (Å²) in [6.07, 6.45) is 1.22. The number of morpholine rings is 1. The van der Waals surface area contributed by atoms with Crippen LogP contribution in [0.25, 0.3) is 22.0 Å². The summed E-state index contributed by atoms with van der Waals surface area (Å²) in [5, 5.41) is 5.91. The van der Waals surface area contributed by atoms with E-state index in [1.807, 2.05) is 0 Å². The van der Waals surface area contributed by atoms with Crippen LogP contribution in [0.5, 0.6) is 0 Å². The van der Waals surface area contributed by atoms with Gasteiger partial charge in [0.15, 0.2) is 0 Å². The lowest BCUT2D eigenvalue weighted by molar-refractivity contribution is 0.0292. The Bertz CT molecular complexity index is 1010. The third-order valence-electron chi connectivity index (χ3n) is 6.56. The van der Waals surface area contributed by atoms with Crippen LogP contribution in [0.1, 0.15) is 12.5 Å². The zero-order valence-electron chi connectivity index (χ0n) is 18.4. The van der Waals surface area contributed by atoms with Crippen molar-refractivity contribution in [3.8, 4) is 11.3 Å². The SMILES string of the molecule is CCN1CCN(c2nc(-c3ccc(CC4CNCCO4)cc3)cc3ccccc23)CC1. The topological polar surface area (TPSA) is 40.6 Å². The maximum absolute atomic E-state index is 5.86. The van der Waals surface area contributed by atoms with Crippen LogP contribution in [0.3, 0.4) is 0 Å². The average Bonchev–Trinajstić information content (AvgIpc) is 2.84. The Labute approximate surface area is 185 Å². The summed E-state index contributed by atoms with van der Waals surface area (Å²) in [5.41, 5.74) is 3.54. The number of nitrogens with zero attached hydrogens (tertiary/aromatic N) is 3. The Kier molecular flexibility index (Phi) is 6.16. The number of anilines is 1. The van der Waals surface area contributed by atoms with E-state index in [9.17, 15) is 0 Å². The summed E-state index contributed by atoms with van der Waals surface area (Å²) < 4.78 is 5.86. The van der Waals surface area contributed by atoms with Gasteiger partial charge in [0, 0.05) is 50.2 Å². The zero-order valence-corrected chi connectivity index (χ0v) is 18.4. The van der Waals surface area contributed by atoms with Crippen molar-refractivity contribution >= 4 is 16.6 Å². The molecule has 1 atom stereocenters. The van der Waals surface area contributed by atoms with E-state index in [1.54, 1.807) is 0 Å². The highest BCUT2D eigenvalue weighted by Gasteiger charge is 2.20. The molecule has 31 heavy (non-hydrogen) atoms. The molecule has 1 unspecified atom stereocenters. The van der Waals surface area contributed by atoms with Crippen LogP contribution < -0.4 is 10.2 Å². The second-order valence-corrected chi connectivity index (χ2v) is 8.57.